The minimum Gasteiger partial charge on any atom is -0.483 e. The third-order valence-electron chi connectivity index (χ3n) is 3.32. The van der Waals surface area contributed by atoms with Crippen LogP contribution in [-0.4, -0.2) is 6.54 Å². The summed E-state index contributed by atoms with van der Waals surface area (Å²) in [6.07, 6.45) is -0.102. The summed E-state index contributed by atoms with van der Waals surface area (Å²) in [5, 5.41) is 2.05. The molecule has 1 unspecified atom stereocenters. The zero-order valence-corrected chi connectivity index (χ0v) is 12.4. The zero-order valence-electron chi connectivity index (χ0n) is 11.6. The third-order valence-corrected chi connectivity index (χ3v) is 4.28. The Hall–Kier alpha value is -2.10. The fraction of sp³-hybridized carbons (Fsp3) is 0.111. The van der Waals surface area contributed by atoms with E-state index in [2.05, 4.69) is 24.3 Å². The fourth-order valence-electron chi connectivity index (χ4n) is 2.28. The Labute approximate surface area is 128 Å². The van der Waals surface area contributed by atoms with Crippen molar-refractivity contribution in [1.29, 1.82) is 0 Å². The minimum absolute atomic E-state index is 0.102. The molecule has 1 heterocycles. The van der Waals surface area contributed by atoms with E-state index < -0.39 is 0 Å². The highest BCUT2D eigenvalue weighted by Crippen LogP contribution is 2.33. The lowest BCUT2D eigenvalue weighted by Crippen LogP contribution is -2.17. The van der Waals surface area contributed by atoms with Crippen LogP contribution < -0.4 is 10.5 Å². The molecule has 0 amide bonds. The molecule has 2 aromatic carbocycles. The molecule has 0 bridgehead atoms. The molecule has 3 rings (SSSR count). The van der Waals surface area contributed by atoms with Crippen LogP contribution in [0.5, 0.6) is 5.75 Å². The highest BCUT2D eigenvalue weighted by molar-refractivity contribution is 7.10. The van der Waals surface area contributed by atoms with Gasteiger partial charge in [-0.05, 0) is 23.1 Å². The molecule has 1 atom stereocenters. The summed E-state index contributed by atoms with van der Waals surface area (Å²) >= 11 is 1.67. The van der Waals surface area contributed by atoms with Crippen molar-refractivity contribution in [2.75, 3.05) is 6.54 Å². The van der Waals surface area contributed by atoms with E-state index in [-0.39, 0.29) is 6.10 Å². The van der Waals surface area contributed by atoms with Crippen molar-refractivity contribution in [2.24, 2.45) is 5.73 Å². The van der Waals surface area contributed by atoms with E-state index in [4.69, 9.17) is 10.5 Å². The third kappa shape index (κ3) is 3.15. The highest BCUT2D eigenvalue weighted by Gasteiger charge is 2.15. The van der Waals surface area contributed by atoms with Crippen LogP contribution in [0.2, 0.25) is 0 Å². The van der Waals surface area contributed by atoms with Gasteiger partial charge in [0.2, 0.25) is 0 Å². The number of thiophene rings is 1. The van der Waals surface area contributed by atoms with Crippen molar-refractivity contribution in [3.8, 4) is 16.9 Å². The summed E-state index contributed by atoms with van der Waals surface area (Å²) in [6.45, 7) is 0.462. The van der Waals surface area contributed by atoms with Gasteiger partial charge in [0.25, 0.3) is 0 Å². The van der Waals surface area contributed by atoms with Gasteiger partial charge in [-0.25, -0.2) is 0 Å². The first-order valence-electron chi connectivity index (χ1n) is 6.93. The molecule has 3 heteroatoms. The number of para-hydroxylation sites is 1. The standard InChI is InChI=1S/C18H17NOS/c19-13-17(18-11-6-12-21-18)20-16-10-5-4-9-15(16)14-7-2-1-3-8-14/h1-12,17H,13,19H2. The van der Waals surface area contributed by atoms with Gasteiger partial charge in [0, 0.05) is 17.0 Å². The van der Waals surface area contributed by atoms with Gasteiger partial charge in [-0.1, -0.05) is 54.6 Å². The monoisotopic (exact) mass is 295 g/mol. The number of nitrogens with two attached hydrogens (primary N) is 1. The van der Waals surface area contributed by atoms with Crippen molar-refractivity contribution < 1.29 is 4.74 Å². The number of hydrogen-bond donors (Lipinski definition) is 1. The molecule has 106 valence electrons. The molecule has 0 aliphatic carbocycles. The summed E-state index contributed by atoms with van der Waals surface area (Å²) in [5.41, 5.74) is 8.12. The topological polar surface area (TPSA) is 35.2 Å². The summed E-state index contributed by atoms with van der Waals surface area (Å²) in [6, 6.07) is 22.4. The van der Waals surface area contributed by atoms with Gasteiger partial charge in [-0.2, -0.15) is 0 Å². The highest BCUT2D eigenvalue weighted by atomic mass is 32.1. The second kappa shape index (κ2) is 6.57. The molecule has 21 heavy (non-hydrogen) atoms. The lowest BCUT2D eigenvalue weighted by molar-refractivity contribution is 0.219. The van der Waals surface area contributed by atoms with Gasteiger partial charge in [0.05, 0.1) is 0 Å². The first-order chi connectivity index (χ1) is 10.4. The average Bonchev–Trinajstić information content (AvgIpc) is 3.08. The van der Waals surface area contributed by atoms with E-state index >= 15 is 0 Å². The molecule has 1 aromatic heterocycles. The fourth-order valence-corrected chi connectivity index (χ4v) is 3.04. The molecule has 0 aliphatic rings. The van der Waals surface area contributed by atoms with E-state index in [0.29, 0.717) is 6.54 Å². The Morgan fingerprint density at radius 2 is 1.67 bits per heavy atom. The molecule has 0 saturated heterocycles. The molecule has 2 N–H and O–H groups in total. The van der Waals surface area contributed by atoms with E-state index in [1.807, 2.05) is 47.8 Å². The minimum atomic E-state index is -0.102. The first-order valence-corrected chi connectivity index (χ1v) is 7.81. The van der Waals surface area contributed by atoms with E-state index in [1.165, 1.54) is 0 Å². The maximum atomic E-state index is 6.18. The van der Waals surface area contributed by atoms with Crippen LogP contribution >= 0.6 is 11.3 Å². The Morgan fingerprint density at radius 3 is 2.38 bits per heavy atom. The Morgan fingerprint density at radius 1 is 0.905 bits per heavy atom. The van der Waals surface area contributed by atoms with Gasteiger partial charge >= 0.3 is 0 Å². The first kappa shape index (κ1) is 13.9. The van der Waals surface area contributed by atoms with E-state index in [1.54, 1.807) is 11.3 Å². The summed E-state index contributed by atoms with van der Waals surface area (Å²) in [7, 11) is 0. The Kier molecular flexibility index (Phi) is 4.34. The molecule has 0 spiro atoms. The number of ether oxygens (including phenoxy) is 1. The molecule has 3 aromatic rings. The van der Waals surface area contributed by atoms with E-state index in [0.717, 1.165) is 21.8 Å². The van der Waals surface area contributed by atoms with Crippen molar-refractivity contribution in [1.82, 2.24) is 0 Å². The number of hydrogen-bond acceptors (Lipinski definition) is 3. The van der Waals surface area contributed by atoms with Crippen molar-refractivity contribution in [2.45, 2.75) is 6.10 Å². The van der Waals surface area contributed by atoms with Gasteiger partial charge < -0.3 is 10.5 Å². The van der Waals surface area contributed by atoms with Crippen LogP contribution in [0.25, 0.3) is 11.1 Å². The predicted molar refractivity (Wildman–Crippen MR) is 88.6 cm³/mol. The van der Waals surface area contributed by atoms with Crippen LogP contribution in [-0.2, 0) is 0 Å². The normalized spacial score (nSPS) is 12.0. The van der Waals surface area contributed by atoms with Crippen LogP contribution in [0, 0.1) is 0 Å². The van der Waals surface area contributed by atoms with Crippen LogP contribution in [0.1, 0.15) is 11.0 Å². The quantitative estimate of drug-likeness (QED) is 0.752. The SMILES string of the molecule is NCC(Oc1ccccc1-c1ccccc1)c1cccs1. The maximum absolute atomic E-state index is 6.18. The number of benzene rings is 2. The smallest absolute Gasteiger partial charge is 0.145 e. The lowest BCUT2D eigenvalue weighted by Gasteiger charge is -2.18. The second-order valence-electron chi connectivity index (χ2n) is 4.72. The van der Waals surface area contributed by atoms with Crippen molar-refractivity contribution >= 4 is 11.3 Å². The van der Waals surface area contributed by atoms with E-state index in [9.17, 15) is 0 Å². The molecular formula is C18H17NOS. The summed E-state index contributed by atoms with van der Waals surface area (Å²) in [5.74, 6) is 0.868. The van der Waals surface area contributed by atoms with Crippen molar-refractivity contribution in [3.63, 3.8) is 0 Å². The second-order valence-corrected chi connectivity index (χ2v) is 5.70. The van der Waals surface area contributed by atoms with Gasteiger partial charge in [0.1, 0.15) is 11.9 Å². The van der Waals surface area contributed by atoms with Crippen LogP contribution in [0.3, 0.4) is 0 Å². The van der Waals surface area contributed by atoms with Crippen LogP contribution in [0.15, 0.2) is 72.1 Å². The largest absolute Gasteiger partial charge is 0.483 e. The zero-order chi connectivity index (χ0) is 14.5. The molecule has 0 radical (unpaired) electrons. The Bertz CT molecular complexity index is 679. The number of rotatable bonds is 5. The van der Waals surface area contributed by atoms with Crippen LogP contribution in [0.4, 0.5) is 0 Å². The average molecular weight is 295 g/mol. The van der Waals surface area contributed by atoms with Gasteiger partial charge in [-0.15, -0.1) is 11.3 Å². The molecular weight excluding hydrogens is 278 g/mol. The molecule has 0 fully saturated rings. The lowest BCUT2D eigenvalue weighted by atomic mass is 10.0. The molecule has 0 aliphatic heterocycles. The summed E-state index contributed by atoms with van der Waals surface area (Å²) in [4.78, 5) is 1.15. The van der Waals surface area contributed by atoms with Gasteiger partial charge in [0.15, 0.2) is 0 Å². The van der Waals surface area contributed by atoms with Gasteiger partial charge in [-0.3, -0.25) is 0 Å². The molecule has 0 saturated carbocycles. The summed E-state index contributed by atoms with van der Waals surface area (Å²) < 4.78 is 6.18. The molecule has 2 nitrogen and oxygen atoms in total. The maximum Gasteiger partial charge on any atom is 0.145 e. The Balaban J connectivity index is 1.92. The predicted octanol–water partition coefficient (Wildman–Crippen LogP) is 4.49. The van der Waals surface area contributed by atoms with Crippen molar-refractivity contribution in [3.05, 3.63) is 77.0 Å².